The maximum atomic E-state index is 5.95. The zero-order chi connectivity index (χ0) is 15.3. The van der Waals surface area contributed by atoms with E-state index in [1.807, 2.05) is 13.0 Å². The third-order valence-electron chi connectivity index (χ3n) is 4.90. The highest BCUT2D eigenvalue weighted by atomic mass is 16.5. The van der Waals surface area contributed by atoms with Crippen LogP contribution in [0, 0.1) is 6.92 Å². The summed E-state index contributed by atoms with van der Waals surface area (Å²) in [7, 11) is 1.63. The van der Waals surface area contributed by atoms with Crippen molar-refractivity contribution >= 4 is 0 Å². The van der Waals surface area contributed by atoms with Gasteiger partial charge in [-0.15, -0.1) is 0 Å². The lowest BCUT2D eigenvalue weighted by molar-refractivity contribution is 0.0803. The first-order chi connectivity index (χ1) is 10.6. The van der Waals surface area contributed by atoms with E-state index in [1.165, 1.54) is 0 Å². The van der Waals surface area contributed by atoms with Gasteiger partial charge in [0.15, 0.2) is 0 Å². The number of aryl methyl sites for hydroxylation is 1. The lowest BCUT2D eigenvalue weighted by atomic mass is 9.75. The largest absolute Gasteiger partial charge is 0.495 e. The summed E-state index contributed by atoms with van der Waals surface area (Å²) >= 11 is 0. The van der Waals surface area contributed by atoms with Crippen molar-refractivity contribution in [1.29, 1.82) is 0 Å². The average molecular weight is 301 g/mol. The van der Waals surface area contributed by atoms with Crippen LogP contribution in [-0.2, 0) is 10.2 Å². The molecule has 3 unspecified atom stereocenters. The summed E-state index contributed by atoms with van der Waals surface area (Å²) in [6, 6.07) is 1.89. The van der Waals surface area contributed by atoms with Gasteiger partial charge in [0.1, 0.15) is 5.75 Å². The molecule has 6 heteroatoms. The van der Waals surface area contributed by atoms with Gasteiger partial charge in [-0.3, -0.25) is 4.98 Å². The fourth-order valence-electron chi connectivity index (χ4n) is 3.57. The predicted octanol–water partition coefficient (Wildman–Crippen LogP) is 2.66. The van der Waals surface area contributed by atoms with Gasteiger partial charge in [-0.05, 0) is 39.2 Å². The SMILES string of the molecule is COc1cc(-c2noc(C3(C)CC4CCC3O4)n2)cnc1C. The Kier molecular flexibility index (Phi) is 2.97. The van der Waals surface area contributed by atoms with Gasteiger partial charge >= 0.3 is 0 Å². The van der Waals surface area contributed by atoms with E-state index >= 15 is 0 Å². The van der Waals surface area contributed by atoms with Crippen LogP contribution in [0.1, 0.15) is 37.8 Å². The summed E-state index contributed by atoms with van der Waals surface area (Å²) in [5, 5.41) is 4.13. The second-order valence-corrected chi connectivity index (χ2v) is 6.38. The van der Waals surface area contributed by atoms with E-state index in [0.29, 0.717) is 17.8 Å². The van der Waals surface area contributed by atoms with Gasteiger partial charge in [0.05, 0.1) is 30.4 Å². The molecule has 2 saturated heterocycles. The Balaban J connectivity index is 1.67. The van der Waals surface area contributed by atoms with Crippen LogP contribution >= 0.6 is 0 Å². The molecule has 2 aromatic heterocycles. The van der Waals surface area contributed by atoms with Crippen molar-refractivity contribution < 1.29 is 14.0 Å². The summed E-state index contributed by atoms with van der Waals surface area (Å²) < 4.78 is 16.8. The van der Waals surface area contributed by atoms with Crippen molar-refractivity contribution in [2.75, 3.05) is 7.11 Å². The molecule has 0 saturated carbocycles. The first-order valence-electron chi connectivity index (χ1n) is 7.61. The van der Waals surface area contributed by atoms with Crippen molar-refractivity contribution in [1.82, 2.24) is 15.1 Å². The van der Waals surface area contributed by atoms with Crippen molar-refractivity contribution in [2.45, 2.75) is 50.7 Å². The summed E-state index contributed by atoms with van der Waals surface area (Å²) in [5.74, 6) is 1.93. The van der Waals surface area contributed by atoms with Crippen LogP contribution in [0.25, 0.3) is 11.4 Å². The number of pyridine rings is 1. The highest BCUT2D eigenvalue weighted by Crippen LogP contribution is 2.48. The fraction of sp³-hybridized carbons (Fsp3) is 0.562. The molecule has 2 aliphatic heterocycles. The van der Waals surface area contributed by atoms with Crippen LogP contribution in [0.2, 0.25) is 0 Å². The number of ether oxygens (including phenoxy) is 2. The number of hydrogen-bond acceptors (Lipinski definition) is 6. The van der Waals surface area contributed by atoms with Crippen molar-refractivity contribution in [3.63, 3.8) is 0 Å². The van der Waals surface area contributed by atoms with E-state index in [1.54, 1.807) is 13.3 Å². The number of hydrogen-bond donors (Lipinski definition) is 0. The molecule has 2 bridgehead atoms. The molecule has 4 heterocycles. The minimum Gasteiger partial charge on any atom is -0.495 e. The lowest BCUT2D eigenvalue weighted by Gasteiger charge is -2.26. The van der Waals surface area contributed by atoms with Gasteiger partial charge in [0.25, 0.3) is 0 Å². The number of aromatic nitrogens is 3. The Morgan fingerprint density at radius 3 is 2.91 bits per heavy atom. The van der Waals surface area contributed by atoms with Gasteiger partial charge in [0, 0.05) is 11.8 Å². The summed E-state index contributed by atoms with van der Waals surface area (Å²) in [6.45, 7) is 4.06. The zero-order valence-corrected chi connectivity index (χ0v) is 13.0. The highest BCUT2D eigenvalue weighted by Gasteiger charge is 2.53. The van der Waals surface area contributed by atoms with E-state index in [-0.39, 0.29) is 11.5 Å². The van der Waals surface area contributed by atoms with Gasteiger partial charge in [0.2, 0.25) is 11.7 Å². The van der Waals surface area contributed by atoms with E-state index in [4.69, 9.17) is 14.0 Å². The number of nitrogens with zero attached hydrogens (tertiary/aromatic N) is 3. The number of fused-ring (bicyclic) bond motifs is 2. The van der Waals surface area contributed by atoms with E-state index in [0.717, 1.165) is 36.3 Å². The maximum absolute atomic E-state index is 5.95. The van der Waals surface area contributed by atoms with E-state index in [2.05, 4.69) is 22.0 Å². The Morgan fingerprint density at radius 2 is 2.23 bits per heavy atom. The highest BCUT2D eigenvalue weighted by molar-refractivity contribution is 5.56. The van der Waals surface area contributed by atoms with Gasteiger partial charge in [-0.25, -0.2) is 0 Å². The molecule has 2 aromatic rings. The molecular weight excluding hydrogens is 282 g/mol. The molecule has 0 spiro atoms. The van der Waals surface area contributed by atoms with Crippen LogP contribution < -0.4 is 4.74 Å². The first-order valence-corrected chi connectivity index (χ1v) is 7.61. The van der Waals surface area contributed by atoms with Gasteiger partial charge in [-0.1, -0.05) is 5.16 Å². The van der Waals surface area contributed by atoms with E-state index < -0.39 is 0 Å². The third-order valence-corrected chi connectivity index (χ3v) is 4.90. The number of rotatable bonds is 3. The zero-order valence-electron chi connectivity index (χ0n) is 13.0. The lowest BCUT2D eigenvalue weighted by Crippen LogP contribution is -2.34. The summed E-state index contributed by atoms with van der Waals surface area (Å²) in [6.07, 6.45) is 5.43. The normalized spacial score (nSPS) is 30.0. The Hall–Kier alpha value is -1.95. The molecule has 2 aliphatic rings. The molecule has 0 N–H and O–H groups in total. The van der Waals surface area contributed by atoms with E-state index in [9.17, 15) is 0 Å². The molecular formula is C16H19N3O3. The monoisotopic (exact) mass is 301 g/mol. The molecule has 0 radical (unpaired) electrons. The van der Waals surface area contributed by atoms with Crippen LogP contribution in [0.4, 0.5) is 0 Å². The molecule has 2 fully saturated rings. The van der Waals surface area contributed by atoms with Gasteiger partial charge < -0.3 is 14.0 Å². The molecule has 22 heavy (non-hydrogen) atoms. The van der Waals surface area contributed by atoms with Crippen molar-refractivity contribution in [2.24, 2.45) is 0 Å². The topological polar surface area (TPSA) is 70.3 Å². The molecule has 3 atom stereocenters. The van der Waals surface area contributed by atoms with Gasteiger partial charge in [-0.2, -0.15) is 4.98 Å². The molecule has 4 rings (SSSR count). The van der Waals surface area contributed by atoms with Crippen LogP contribution in [0.3, 0.4) is 0 Å². The minimum absolute atomic E-state index is 0.170. The summed E-state index contributed by atoms with van der Waals surface area (Å²) in [5.41, 5.74) is 1.46. The second-order valence-electron chi connectivity index (χ2n) is 6.38. The average Bonchev–Trinajstić information content (AvgIpc) is 3.22. The van der Waals surface area contributed by atoms with Crippen LogP contribution in [0.5, 0.6) is 5.75 Å². The molecule has 0 amide bonds. The smallest absolute Gasteiger partial charge is 0.235 e. The quantitative estimate of drug-likeness (QED) is 0.868. The predicted molar refractivity (Wildman–Crippen MR) is 78.7 cm³/mol. The molecule has 0 aromatic carbocycles. The number of methoxy groups -OCH3 is 1. The van der Waals surface area contributed by atoms with Crippen LogP contribution in [-0.4, -0.2) is 34.4 Å². The molecule has 6 nitrogen and oxygen atoms in total. The standard InChI is InChI=1S/C16H19N3O3/c1-9-12(20-3)6-10(8-17-9)14-18-15(22-19-14)16(2)7-11-4-5-13(16)21-11/h6,8,11,13H,4-5,7H2,1-3H3. The minimum atomic E-state index is -0.170. The Bertz CT molecular complexity index is 714. The Morgan fingerprint density at radius 1 is 1.36 bits per heavy atom. The summed E-state index contributed by atoms with van der Waals surface area (Å²) in [4.78, 5) is 8.92. The third kappa shape index (κ3) is 1.94. The second kappa shape index (κ2) is 4.78. The first kappa shape index (κ1) is 13.7. The van der Waals surface area contributed by atoms with Crippen molar-refractivity contribution in [3.05, 3.63) is 23.8 Å². The molecule has 116 valence electrons. The van der Waals surface area contributed by atoms with Crippen LogP contribution in [0.15, 0.2) is 16.8 Å². The Labute approximate surface area is 128 Å². The fourth-order valence-corrected chi connectivity index (χ4v) is 3.57. The molecule has 0 aliphatic carbocycles. The van der Waals surface area contributed by atoms with Crippen molar-refractivity contribution in [3.8, 4) is 17.1 Å². The maximum Gasteiger partial charge on any atom is 0.235 e.